The van der Waals surface area contributed by atoms with Gasteiger partial charge in [-0.15, -0.1) is 0 Å². The highest BCUT2D eigenvalue weighted by Crippen LogP contribution is 2.02. The van der Waals surface area contributed by atoms with Crippen molar-refractivity contribution in [3.05, 3.63) is 0 Å². The van der Waals surface area contributed by atoms with E-state index in [9.17, 15) is 8.42 Å². The van der Waals surface area contributed by atoms with Gasteiger partial charge in [-0.3, -0.25) is 0 Å². The summed E-state index contributed by atoms with van der Waals surface area (Å²) >= 11 is 3.33. The van der Waals surface area contributed by atoms with E-state index in [-0.39, 0.29) is 10.6 Å². The molecule has 1 N–H and O–H groups in total. The number of hydrogen-bond donors (Lipinski definition) is 1. The van der Waals surface area contributed by atoms with Crippen LogP contribution in [0.5, 0.6) is 0 Å². The molecule has 68 valence electrons. The average Bonchev–Trinajstić information content (AvgIpc) is 2.00. The van der Waals surface area contributed by atoms with Gasteiger partial charge in [0.1, 0.15) is 0 Å². The van der Waals surface area contributed by atoms with E-state index in [4.69, 9.17) is 0 Å². The Hall–Kier alpha value is 0.390. The standard InChI is InChI=1S/C6H14BrNO2S/c1-3-6(7)5-8-11(9,10)4-2/h6,8H,3-5H2,1-2H3. The zero-order valence-electron chi connectivity index (χ0n) is 6.80. The number of rotatable bonds is 5. The molecule has 0 aliphatic carbocycles. The summed E-state index contributed by atoms with van der Waals surface area (Å²) in [5, 5.41) is 0. The van der Waals surface area contributed by atoms with Gasteiger partial charge in [0.05, 0.1) is 5.75 Å². The lowest BCUT2D eigenvalue weighted by Crippen LogP contribution is -2.30. The smallest absolute Gasteiger partial charge is 0.211 e. The first-order valence-electron chi connectivity index (χ1n) is 3.63. The van der Waals surface area contributed by atoms with E-state index in [1.807, 2.05) is 6.92 Å². The van der Waals surface area contributed by atoms with Crippen molar-refractivity contribution in [1.82, 2.24) is 4.72 Å². The van der Waals surface area contributed by atoms with Crippen LogP contribution in [0.1, 0.15) is 20.3 Å². The van der Waals surface area contributed by atoms with Crippen LogP contribution in [-0.2, 0) is 10.0 Å². The number of alkyl halides is 1. The fourth-order valence-corrected chi connectivity index (χ4v) is 1.50. The fraction of sp³-hybridized carbons (Fsp3) is 1.00. The molecule has 1 atom stereocenters. The zero-order valence-corrected chi connectivity index (χ0v) is 9.20. The zero-order chi connectivity index (χ0) is 8.91. The van der Waals surface area contributed by atoms with Crippen molar-refractivity contribution in [2.24, 2.45) is 0 Å². The van der Waals surface area contributed by atoms with Gasteiger partial charge in [0.2, 0.25) is 10.0 Å². The maximum atomic E-state index is 10.9. The summed E-state index contributed by atoms with van der Waals surface area (Å²) in [5.74, 6) is 0.149. The van der Waals surface area contributed by atoms with Gasteiger partial charge in [-0.2, -0.15) is 0 Å². The molecule has 0 saturated carbocycles. The Balaban J connectivity index is 3.71. The summed E-state index contributed by atoms with van der Waals surface area (Å²) in [4.78, 5) is 0.240. The van der Waals surface area contributed by atoms with E-state index in [0.717, 1.165) is 6.42 Å². The molecule has 0 radical (unpaired) electrons. The lowest BCUT2D eigenvalue weighted by Gasteiger charge is -2.07. The molecule has 0 aliphatic heterocycles. The van der Waals surface area contributed by atoms with Crippen molar-refractivity contribution in [3.63, 3.8) is 0 Å². The molecular weight excluding hydrogens is 230 g/mol. The van der Waals surface area contributed by atoms with Crippen LogP contribution in [0, 0.1) is 0 Å². The molecule has 0 spiro atoms. The van der Waals surface area contributed by atoms with Crippen LogP contribution in [0.2, 0.25) is 0 Å². The van der Waals surface area contributed by atoms with Crippen LogP contribution < -0.4 is 4.72 Å². The molecule has 0 aromatic rings. The van der Waals surface area contributed by atoms with Crippen molar-refractivity contribution >= 4 is 26.0 Å². The highest BCUT2D eigenvalue weighted by molar-refractivity contribution is 9.09. The first-order chi connectivity index (χ1) is 5.02. The largest absolute Gasteiger partial charge is 0.214 e. The highest BCUT2D eigenvalue weighted by Gasteiger charge is 2.08. The van der Waals surface area contributed by atoms with Gasteiger partial charge < -0.3 is 0 Å². The van der Waals surface area contributed by atoms with Gasteiger partial charge in [0, 0.05) is 11.4 Å². The van der Waals surface area contributed by atoms with Gasteiger partial charge in [-0.05, 0) is 13.3 Å². The molecule has 3 nitrogen and oxygen atoms in total. The Bertz CT molecular complexity index is 191. The molecular formula is C6H14BrNO2S. The first kappa shape index (κ1) is 11.4. The van der Waals surface area contributed by atoms with Crippen LogP contribution in [0.4, 0.5) is 0 Å². The van der Waals surface area contributed by atoms with Gasteiger partial charge >= 0.3 is 0 Å². The van der Waals surface area contributed by atoms with Gasteiger partial charge in [0.25, 0.3) is 0 Å². The second-order valence-corrected chi connectivity index (χ2v) is 5.65. The van der Waals surface area contributed by atoms with E-state index in [1.165, 1.54) is 0 Å². The van der Waals surface area contributed by atoms with Crippen molar-refractivity contribution in [1.29, 1.82) is 0 Å². The lowest BCUT2D eigenvalue weighted by molar-refractivity contribution is 0.581. The van der Waals surface area contributed by atoms with Crippen LogP contribution >= 0.6 is 15.9 Å². The van der Waals surface area contributed by atoms with Crippen LogP contribution in [-0.4, -0.2) is 25.5 Å². The molecule has 0 rings (SSSR count). The number of nitrogens with one attached hydrogen (secondary N) is 1. The van der Waals surface area contributed by atoms with E-state index in [1.54, 1.807) is 6.92 Å². The lowest BCUT2D eigenvalue weighted by atomic mass is 10.3. The van der Waals surface area contributed by atoms with Crippen molar-refractivity contribution in [2.45, 2.75) is 25.1 Å². The summed E-state index contributed by atoms with van der Waals surface area (Å²) in [5.41, 5.74) is 0. The van der Waals surface area contributed by atoms with E-state index in [2.05, 4.69) is 20.7 Å². The average molecular weight is 244 g/mol. The number of hydrogen-bond acceptors (Lipinski definition) is 2. The Morgan fingerprint density at radius 2 is 2.00 bits per heavy atom. The normalized spacial score (nSPS) is 14.8. The van der Waals surface area contributed by atoms with Crippen molar-refractivity contribution < 1.29 is 8.42 Å². The topological polar surface area (TPSA) is 46.2 Å². The second-order valence-electron chi connectivity index (χ2n) is 2.26. The molecule has 0 aromatic heterocycles. The summed E-state index contributed by atoms with van der Waals surface area (Å²) in [6.07, 6.45) is 0.923. The van der Waals surface area contributed by atoms with Gasteiger partial charge in [-0.1, -0.05) is 22.9 Å². The Kier molecular flexibility index (Phi) is 5.29. The number of halogens is 1. The fourth-order valence-electron chi connectivity index (χ4n) is 0.464. The van der Waals surface area contributed by atoms with Crippen molar-refractivity contribution in [2.75, 3.05) is 12.3 Å². The third kappa shape index (κ3) is 5.64. The van der Waals surface area contributed by atoms with E-state index >= 15 is 0 Å². The quantitative estimate of drug-likeness (QED) is 0.736. The third-order valence-corrected chi connectivity index (χ3v) is 3.69. The van der Waals surface area contributed by atoms with Crippen LogP contribution in [0.3, 0.4) is 0 Å². The highest BCUT2D eigenvalue weighted by atomic mass is 79.9. The minimum atomic E-state index is -3.00. The molecule has 0 aliphatic rings. The molecule has 0 saturated heterocycles. The Labute approximate surface area is 76.7 Å². The predicted molar refractivity (Wildman–Crippen MR) is 50.5 cm³/mol. The van der Waals surface area contributed by atoms with Gasteiger partial charge in [-0.25, -0.2) is 13.1 Å². The molecule has 0 fully saturated rings. The molecule has 11 heavy (non-hydrogen) atoms. The third-order valence-electron chi connectivity index (χ3n) is 1.35. The second kappa shape index (κ2) is 5.11. The Morgan fingerprint density at radius 3 is 2.36 bits per heavy atom. The van der Waals surface area contributed by atoms with E-state index < -0.39 is 10.0 Å². The summed E-state index contributed by atoms with van der Waals surface area (Å²) in [6, 6.07) is 0. The summed E-state index contributed by atoms with van der Waals surface area (Å²) < 4.78 is 24.3. The molecule has 0 amide bonds. The molecule has 0 aromatic carbocycles. The SMILES string of the molecule is CCC(Br)CNS(=O)(=O)CC. The maximum Gasteiger partial charge on any atom is 0.211 e. The first-order valence-corrected chi connectivity index (χ1v) is 6.20. The van der Waals surface area contributed by atoms with Crippen molar-refractivity contribution in [3.8, 4) is 0 Å². The maximum absolute atomic E-state index is 10.9. The minimum absolute atomic E-state index is 0.149. The molecule has 0 heterocycles. The molecule has 1 unspecified atom stereocenters. The van der Waals surface area contributed by atoms with Gasteiger partial charge in [0.15, 0.2) is 0 Å². The van der Waals surface area contributed by atoms with Crippen LogP contribution in [0.15, 0.2) is 0 Å². The molecule has 0 bridgehead atoms. The summed E-state index contributed by atoms with van der Waals surface area (Å²) in [7, 11) is -3.00. The summed E-state index contributed by atoms with van der Waals surface area (Å²) in [6.45, 7) is 4.10. The number of sulfonamides is 1. The molecule has 5 heteroatoms. The monoisotopic (exact) mass is 243 g/mol. The van der Waals surface area contributed by atoms with Crippen LogP contribution in [0.25, 0.3) is 0 Å². The minimum Gasteiger partial charge on any atom is -0.214 e. The Morgan fingerprint density at radius 1 is 1.45 bits per heavy atom. The predicted octanol–water partition coefficient (Wildman–Crippen LogP) is 1.10. The van der Waals surface area contributed by atoms with E-state index in [0.29, 0.717) is 6.54 Å².